The molecule has 12 heavy (non-hydrogen) atoms. The van der Waals surface area contributed by atoms with Gasteiger partial charge in [0.05, 0.1) is 0 Å². The van der Waals surface area contributed by atoms with Gasteiger partial charge in [-0.15, -0.1) is 0 Å². The molecule has 1 rings (SSSR count). The highest BCUT2D eigenvalue weighted by Crippen LogP contribution is 2.23. The number of halogens is 1. The SMILES string of the molecule is CCC(O)(Br)Oc1ccccc1. The second-order valence-corrected chi connectivity index (χ2v) is 3.70. The first-order valence-corrected chi connectivity index (χ1v) is 4.59. The number of hydrogen-bond acceptors (Lipinski definition) is 2. The lowest BCUT2D eigenvalue weighted by Gasteiger charge is -2.20. The molecule has 0 aliphatic carbocycles. The van der Waals surface area contributed by atoms with Crippen LogP contribution >= 0.6 is 15.9 Å². The number of alkyl halides is 1. The fraction of sp³-hybridized carbons (Fsp3) is 0.333. The summed E-state index contributed by atoms with van der Waals surface area (Å²) in [5, 5.41) is 9.47. The minimum absolute atomic E-state index is 0.488. The molecule has 1 N–H and O–H groups in total. The van der Waals surface area contributed by atoms with Gasteiger partial charge in [-0.1, -0.05) is 25.1 Å². The maximum absolute atomic E-state index is 9.47. The predicted octanol–water partition coefficient (Wildman–Crippen LogP) is 2.52. The third kappa shape index (κ3) is 2.83. The van der Waals surface area contributed by atoms with Crippen LogP contribution in [0.3, 0.4) is 0 Å². The average molecular weight is 231 g/mol. The maximum Gasteiger partial charge on any atom is 0.265 e. The van der Waals surface area contributed by atoms with Crippen LogP contribution in [0.1, 0.15) is 13.3 Å². The zero-order valence-corrected chi connectivity index (χ0v) is 8.41. The van der Waals surface area contributed by atoms with E-state index in [0.717, 1.165) is 0 Å². The maximum atomic E-state index is 9.47. The first-order chi connectivity index (χ1) is 5.64. The predicted molar refractivity (Wildman–Crippen MR) is 51.2 cm³/mol. The molecule has 1 atom stereocenters. The second-order valence-electron chi connectivity index (χ2n) is 2.46. The molecule has 2 nitrogen and oxygen atoms in total. The monoisotopic (exact) mass is 230 g/mol. The molecule has 0 bridgehead atoms. The van der Waals surface area contributed by atoms with Gasteiger partial charge in [-0.3, -0.25) is 0 Å². The van der Waals surface area contributed by atoms with Crippen LogP contribution < -0.4 is 4.74 Å². The Bertz CT molecular complexity index is 234. The quantitative estimate of drug-likeness (QED) is 0.639. The molecule has 0 saturated heterocycles. The van der Waals surface area contributed by atoms with Crippen LogP contribution in [0.4, 0.5) is 0 Å². The third-order valence-electron chi connectivity index (χ3n) is 1.45. The standard InChI is InChI=1S/C9H11BrO2/c1-2-9(10,11)12-8-6-4-3-5-7-8/h3-7,11H,2H2,1H3. The van der Waals surface area contributed by atoms with E-state index in [9.17, 15) is 5.11 Å². The second kappa shape index (κ2) is 3.92. The minimum Gasteiger partial charge on any atom is -0.452 e. The molecular formula is C9H11BrO2. The van der Waals surface area contributed by atoms with Crippen LogP contribution in [0.2, 0.25) is 0 Å². The molecule has 1 aromatic rings. The van der Waals surface area contributed by atoms with Crippen LogP contribution in [-0.2, 0) is 0 Å². The van der Waals surface area contributed by atoms with E-state index in [0.29, 0.717) is 12.2 Å². The molecule has 1 unspecified atom stereocenters. The van der Waals surface area contributed by atoms with Gasteiger partial charge in [-0.05, 0) is 28.1 Å². The van der Waals surface area contributed by atoms with E-state index < -0.39 is 4.70 Å². The van der Waals surface area contributed by atoms with Gasteiger partial charge in [0.15, 0.2) is 0 Å². The van der Waals surface area contributed by atoms with Crippen LogP contribution in [0.5, 0.6) is 5.75 Å². The van der Waals surface area contributed by atoms with Gasteiger partial charge < -0.3 is 9.84 Å². The van der Waals surface area contributed by atoms with E-state index in [-0.39, 0.29) is 0 Å². The topological polar surface area (TPSA) is 29.5 Å². The molecule has 0 spiro atoms. The van der Waals surface area contributed by atoms with Gasteiger partial charge in [-0.2, -0.15) is 0 Å². The number of hydrogen-bond donors (Lipinski definition) is 1. The Morgan fingerprint density at radius 3 is 2.50 bits per heavy atom. The summed E-state index contributed by atoms with van der Waals surface area (Å²) in [5.74, 6) is 0.652. The lowest BCUT2D eigenvalue weighted by atomic mass is 10.3. The van der Waals surface area contributed by atoms with Crippen molar-refractivity contribution < 1.29 is 9.84 Å². The van der Waals surface area contributed by atoms with E-state index in [1.807, 2.05) is 25.1 Å². The zero-order chi connectivity index (χ0) is 9.03. The fourth-order valence-electron chi connectivity index (χ4n) is 0.741. The van der Waals surface area contributed by atoms with Crippen molar-refractivity contribution in [3.8, 4) is 5.75 Å². The average Bonchev–Trinajstić information content (AvgIpc) is 2.06. The van der Waals surface area contributed by atoms with Gasteiger partial charge in [0.1, 0.15) is 5.75 Å². The Morgan fingerprint density at radius 2 is 2.00 bits per heavy atom. The van der Waals surface area contributed by atoms with Crippen LogP contribution in [0.25, 0.3) is 0 Å². The van der Waals surface area contributed by atoms with E-state index in [4.69, 9.17) is 4.74 Å². The lowest BCUT2D eigenvalue weighted by molar-refractivity contribution is -0.0477. The highest BCUT2D eigenvalue weighted by Gasteiger charge is 2.21. The fourth-order valence-corrected chi connectivity index (χ4v) is 0.928. The molecular weight excluding hydrogens is 220 g/mol. The van der Waals surface area contributed by atoms with E-state index in [2.05, 4.69) is 15.9 Å². The minimum atomic E-state index is -1.24. The van der Waals surface area contributed by atoms with Crippen molar-refractivity contribution in [3.63, 3.8) is 0 Å². The Kier molecular flexibility index (Phi) is 3.12. The molecule has 0 aliphatic rings. The number of benzene rings is 1. The van der Waals surface area contributed by atoms with Crippen molar-refractivity contribution in [1.82, 2.24) is 0 Å². The number of aliphatic hydroxyl groups is 1. The van der Waals surface area contributed by atoms with Crippen molar-refractivity contribution in [3.05, 3.63) is 30.3 Å². The van der Waals surface area contributed by atoms with E-state index >= 15 is 0 Å². The highest BCUT2D eigenvalue weighted by molar-refractivity contribution is 9.10. The summed E-state index contributed by atoms with van der Waals surface area (Å²) >= 11 is 3.05. The molecule has 0 radical (unpaired) electrons. The lowest BCUT2D eigenvalue weighted by Crippen LogP contribution is -2.26. The molecule has 0 saturated carbocycles. The van der Waals surface area contributed by atoms with Crippen molar-refractivity contribution >= 4 is 15.9 Å². The first kappa shape index (κ1) is 9.55. The van der Waals surface area contributed by atoms with E-state index in [1.165, 1.54) is 0 Å². The van der Waals surface area contributed by atoms with Gasteiger partial charge in [-0.25, -0.2) is 0 Å². The Morgan fingerprint density at radius 1 is 1.42 bits per heavy atom. The van der Waals surface area contributed by atoms with Crippen LogP contribution in [-0.4, -0.2) is 9.80 Å². The third-order valence-corrected chi connectivity index (χ3v) is 2.18. The van der Waals surface area contributed by atoms with Crippen LogP contribution in [0, 0.1) is 0 Å². The summed E-state index contributed by atoms with van der Waals surface area (Å²) in [6.07, 6.45) is 0.488. The summed E-state index contributed by atoms with van der Waals surface area (Å²) in [5.41, 5.74) is 0. The molecule has 66 valence electrons. The van der Waals surface area contributed by atoms with Crippen molar-refractivity contribution in [1.29, 1.82) is 0 Å². The Labute approximate surface area is 80.3 Å². The van der Waals surface area contributed by atoms with Gasteiger partial charge in [0, 0.05) is 6.42 Å². The molecule has 0 aromatic heterocycles. The molecule has 3 heteroatoms. The summed E-state index contributed by atoms with van der Waals surface area (Å²) in [7, 11) is 0. The largest absolute Gasteiger partial charge is 0.452 e. The summed E-state index contributed by atoms with van der Waals surface area (Å²) < 4.78 is 3.98. The Hall–Kier alpha value is -0.540. The normalized spacial score (nSPS) is 15.2. The van der Waals surface area contributed by atoms with Gasteiger partial charge in [0.25, 0.3) is 4.70 Å². The molecule has 0 amide bonds. The van der Waals surface area contributed by atoms with Gasteiger partial charge in [0.2, 0.25) is 0 Å². The molecule has 0 aliphatic heterocycles. The van der Waals surface area contributed by atoms with Crippen molar-refractivity contribution in [2.75, 3.05) is 0 Å². The smallest absolute Gasteiger partial charge is 0.265 e. The number of para-hydroxylation sites is 1. The summed E-state index contributed by atoms with van der Waals surface area (Å²) in [4.78, 5) is 0. The highest BCUT2D eigenvalue weighted by atomic mass is 79.9. The summed E-state index contributed by atoms with van der Waals surface area (Å²) in [6, 6.07) is 9.19. The Balaban J connectivity index is 2.64. The molecule has 0 fully saturated rings. The number of ether oxygens (including phenoxy) is 1. The van der Waals surface area contributed by atoms with Gasteiger partial charge >= 0.3 is 0 Å². The number of rotatable bonds is 3. The summed E-state index contributed by atoms with van der Waals surface area (Å²) in [6.45, 7) is 1.83. The van der Waals surface area contributed by atoms with E-state index in [1.54, 1.807) is 12.1 Å². The molecule has 1 aromatic carbocycles. The first-order valence-electron chi connectivity index (χ1n) is 3.79. The van der Waals surface area contributed by atoms with Crippen molar-refractivity contribution in [2.45, 2.75) is 18.0 Å². The molecule has 0 heterocycles. The van der Waals surface area contributed by atoms with Crippen LogP contribution in [0.15, 0.2) is 30.3 Å². The van der Waals surface area contributed by atoms with Crippen molar-refractivity contribution in [2.24, 2.45) is 0 Å². The zero-order valence-electron chi connectivity index (χ0n) is 6.83.